The van der Waals surface area contributed by atoms with Gasteiger partial charge in [0.25, 0.3) is 0 Å². The lowest BCUT2D eigenvalue weighted by molar-refractivity contribution is -0.118. The molecule has 1 aromatic heterocycles. The number of anilines is 1. The Hall–Kier alpha value is -1.10. The predicted molar refractivity (Wildman–Crippen MR) is 80.0 cm³/mol. The molecular formula is C14H20BrN3O. The van der Waals surface area contributed by atoms with Crippen molar-refractivity contribution in [2.45, 2.75) is 32.6 Å². The van der Waals surface area contributed by atoms with Gasteiger partial charge in [0.2, 0.25) is 5.91 Å². The molecular weight excluding hydrogens is 306 g/mol. The Morgan fingerprint density at radius 1 is 1.53 bits per heavy atom. The Morgan fingerprint density at radius 3 is 3.00 bits per heavy atom. The van der Waals surface area contributed by atoms with E-state index < -0.39 is 0 Å². The van der Waals surface area contributed by atoms with Gasteiger partial charge in [-0.3, -0.25) is 4.79 Å². The maximum absolute atomic E-state index is 11.0. The number of hydrogen-bond acceptors (Lipinski definition) is 3. The molecule has 0 aliphatic carbocycles. The van der Waals surface area contributed by atoms with E-state index in [0.717, 1.165) is 42.6 Å². The van der Waals surface area contributed by atoms with E-state index in [1.807, 2.05) is 6.20 Å². The fraction of sp³-hybridized carbons (Fsp3) is 0.571. The molecule has 5 heteroatoms. The number of primary amides is 1. The van der Waals surface area contributed by atoms with Gasteiger partial charge in [0.15, 0.2) is 0 Å². The van der Waals surface area contributed by atoms with E-state index in [-0.39, 0.29) is 5.91 Å². The van der Waals surface area contributed by atoms with Crippen molar-refractivity contribution in [2.24, 2.45) is 11.7 Å². The van der Waals surface area contributed by atoms with Crippen molar-refractivity contribution >= 4 is 27.7 Å². The number of amides is 1. The number of nitrogens with two attached hydrogens (primary N) is 1. The SMILES string of the molecule is Cc1cc(N2CCCC(CC(N)=O)CC2)ncc1Br. The van der Waals surface area contributed by atoms with E-state index in [4.69, 9.17) is 5.73 Å². The van der Waals surface area contributed by atoms with Crippen LogP contribution in [0, 0.1) is 12.8 Å². The second-order valence-corrected chi connectivity index (χ2v) is 6.10. The van der Waals surface area contributed by atoms with Crippen LogP contribution in [0.2, 0.25) is 0 Å². The summed E-state index contributed by atoms with van der Waals surface area (Å²) in [6, 6.07) is 2.11. The Kier molecular flexibility index (Phi) is 4.80. The summed E-state index contributed by atoms with van der Waals surface area (Å²) >= 11 is 3.47. The quantitative estimate of drug-likeness (QED) is 0.929. The molecule has 0 aromatic carbocycles. The number of carbonyl (C=O) groups is 1. The molecule has 2 N–H and O–H groups in total. The number of rotatable bonds is 3. The summed E-state index contributed by atoms with van der Waals surface area (Å²) in [4.78, 5) is 17.8. The van der Waals surface area contributed by atoms with Gasteiger partial charge in [0.1, 0.15) is 5.82 Å². The topological polar surface area (TPSA) is 59.2 Å². The minimum absolute atomic E-state index is 0.184. The number of aromatic nitrogens is 1. The summed E-state index contributed by atoms with van der Waals surface area (Å²) < 4.78 is 1.04. The number of halogens is 1. The van der Waals surface area contributed by atoms with Crippen LogP contribution < -0.4 is 10.6 Å². The lowest BCUT2D eigenvalue weighted by Gasteiger charge is -2.22. The number of hydrogen-bond donors (Lipinski definition) is 1. The van der Waals surface area contributed by atoms with Crippen molar-refractivity contribution < 1.29 is 4.79 Å². The van der Waals surface area contributed by atoms with Gasteiger partial charge in [-0.05, 0) is 59.7 Å². The van der Waals surface area contributed by atoms with Crippen LogP contribution >= 0.6 is 15.9 Å². The lowest BCUT2D eigenvalue weighted by atomic mass is 9.97. The van der Waals surface area contributed by atoms with E-state index >= 15 is 0 Å². The minimum atomic E-state index is -0.184. The van der Waals surface area contributed by atoms with Crippen molar-refractivity contribution in [3.05, 3.63) is 22.3 Å². The third-order valence-electron chi connectivity index (χ3n) is 3.69. The second kappa shape index (κ2) is 6.37. The standard InChI is InChI=1S/C14H20BrN3O/c1-10-7-14(17-9-12(10)15)18-5-2-3-11(4-6-18)8-13(16)19/h7,9,11H,2-6,8H2,1H3,(H2,16,19). The Morgan fingerprint density at radius 2 is 2.32 bits per heavy atom. The number of pyridine rings is 1. The molecule has 1 atom stereocenters. The molecule has 0 spiro atoms. The molecule has 1 aliphatic heterocycles. The van der Waals surface area contributed by atoms with Crippen molar-refractivity contribution in [2.75, 3.05) is 18.0 Å². The van der Waals surface area contributed by atoms with Crippen LogP contribution in [0.1, 0.15) is 31.2 Å². The summed E-state index contributed by atoms with van der Waals surface area (Å²) in [6.45, 7) is 4.03. The molecule has 19 heavy (non-hydrogen) atoms. The van der Waals surface area contributed by atoms with E-state index in [0.29, 0.717) is 12.3 Å². The average Bonchev–Trinajstić information content (AvgIpc) is 2.58. The largest absolute Gasteiger partial charge is 0.370 e. The smallest absolute Gasteiger partial charge is 0.217 e. The fourth-order valence-electron chi connectivity index (χ4n) is 2.58. The van der Waals surface area contributed by atoms with Crippen LogP contribution in [0.5, 0.6) is 0 Å². The minimum Gasteiger partial charge on any atom is -0.370 e. The van der Waals surface area contributed by atoms with Crippen LogP contribution in [0.15, 0.2) is 16.7 Å². The van der Waals surface area contributed by atoms with Gasteiger partial charge in [0.05, 0.1) is 0 Å². The first-order chi connectivity index (χ1) is 9.06. The summed E-state index contributed by atoms with van der Waals surface area (Å²) in [5.74, 6) is 1.27. The molecule has 1 fully saturated rings. The number of aryl methyl sites for hydroxylation is 1. The lowest BCUT2D eigenvalue weighted by Crippen LogP contribution is -2.25. The first-order valence-corrected chi connectivity index (χ1v) is 7.51. The van der Waals surface area contributed by atoms with Crippen LogP contribution in [0.4, 0.5) is 5.82 Å². The van der Waals surface area contributed by atoms with Crippen molar-refractivity contribution in [1.29, 1.82) is 0 Å². The molecule has 1 unspecified atom stereocenters. The zero-order valence-electron chi connectivity index (χ0n) is 11.2. The molecule has 1 saturated heterocycles. The molecule has 0 radical (unpaired) electrons. The maximum Gasteiger partial charge on any atom is 0.217 e. The van der Waals surface area contributed by atoms with Gasteiger partial charge in [-0.25, -0.2) is 4.98 Å². The molecule has 1 amide bonds. The van der Waals surface area contributed by atoms with E-state index in [1.54, 1.807) is 0 Å². The van der Waals surface area contributed by atoms with Gasteiger partial charge in [0, 0.05) is 30.2 Å². The molecule has 1 aromatic rings. The van der Waals surface area contributed by atoms with Crippen LogP contribution in [-0.2, 0) is 4.79 Å². The highest BCUT2D eigenvalue weighted by atomic mass is 79.9. The highest BCUT2D eigenvalue weighted by Gasteiger charge is 2.19. The zero-order chi connectivity index (χ0) is 13.8. The summed E-state index contributed by atoms with van der Waals surface area (Å²) in [5.41, 5.74) is 6.48. The average molecular weight is 326 g/mol. The summed E-state index contributed by atoms with van der Waals surface area (Å²) in [6.07, 6.45) is 5.56. The predicted octanol–water partition coefficient (Wildman–Crippen LogP) is 2.63. The fourth-order valence-corrected chi connectivity index (χ4v) is 2.80. The first kappa shape index (κ1) is 14.3. The van der Waals surface area contributed by atoms with Crippen molar-refractivity contribution in [1.82, 2.24) is 4.98 Å². The van der Waals surface area contributed by atoms with Crippen molar-refractivity contribution in [3.63, 3.8) is 0 Å². The Labute approximate surface area is 122 Å². The number of carbonyl (C=O) groups excluding carboxylic acids is 1. The highest BCUT2D eigenvalue weighted by Crippen LogP contribution is 2.25. The highest BCUT2D eigenvalue weighted by molar-refractivity contribution is 9.10. The van der Waals surface area contributed by atoms with E-state index in [2.05, 4.69) is 38.8 Å². The van der Waals surface area contributed by atoms with E-state index in [9.17, 15) is 4.79 Å². The summed E-state index contributed by atoms with van der Waals surface area (Å²) in [5, 5.41) is 0. The molecule has 4 nitrogen and oxygen atoms in total. The van der Waals surface area contributed by atoms with Gasteiger partial charge in [-0.15, -0.1) is 0 Å². The van der Waals surface area contributed by atoms with Gasteiger partial charge < -0.3 is 10.6 Å². The first-order valence-electron chi connectivity index (χ1n) is 6.71. The molecule has 2 rings (SSSR count). The normalized spacial score (nSPS) is 20.1. The van der Waals surface area contributed by atoms with Gasteiger partial charge in [-0.1, -0.05) is 0 Å². The van der Waals surface area contributed by atoms with E-state index in [1.165, 1.54) is 5.56 Å². The van der Waals surface area contributed by atoms with Crippen LogP contribution in [0.25, 0.3) is 0 Å². The van der Waals surface area contributed by atoms with Crippen molar-refractivity contribution in [3.8, 4) is 0 Å². The molecule has 104 valence electrons. The third-order valence-corrected chi connectivity index (χ3v) is 4.52. The molecule has 2 heterocycles. The second-order valence-electron chi connectivity index (χ2n) is 5.25. The number of nitrogens with zero attached hydrogens (tertiary/aromatic N) is 2. The van der Waals surface area contributed by atoms with Crippen LogP contribution in [0.3, 0.4) is 0 Å². The van der Waals surface area contributed by atoms with Crippen LogP contribution in [-0.4, -0.2) is 24.0 Å². The molecule has 0 bridgehead atoms. The summed E-state index contributed by atoms with van der Waals surface area (Å²) in [7, 11) is 0. The maximum atomic E-state index is 11.0. The van der Waals surface area contributed by atoms with Gasteiger partial charge in [-0.2, -0.15) is 0 Å². The zero-order valence-corrected chi connectivity index (χ0v) is 12.8. The van der Waals surface area contributed by atoms with Gasteiger partial charge >= 0.3 is 0 Å². The third kappa shape index (κ3) is 3.93. The monoisotopic (exact) mass is 325 g/mol. The Bertz CT molecular complexity index is 464. The Balaban J connectivity index is 2.02. The molecule has 1 aliphatic rings. The molecule has 0 saturated carbocycles.